The fourth-order valence-corrected chi connectivity index (χ4v) is 2.41. The molecule has 0 aromatic heterocycles. The van der Waals surface area contributed by atoms with Gasteiger partial charge in [-0.15, -0.1) is 0 Å². The van der Waals surface area contributed by atoms with Gasteiger partial charge in [0.2, 0.25) is 11.8 Å². The minimum Gasteiger partial charge on any atom is -0.457 e. The van der Waals surface area contributed by atoms with Crippen LogP contribution in [0.1, 0.15) is 20.8 Å². The number of para-hydroxylation sites is 1. The number of carbonyl (C=O) groups is 2. The fourth-order valence-electron chi connectivity index (χ4n) is 2.41. The molecule has 6 heteroatoms. The van der Waals surface area contributed by atoms with Crippen molar-refractivity contribution < 1.29 is 14.3 Å². The molecule has 0 spiro atoms. The summed E-state index contributed by atoms with van der Waals surface area (Å²) >= 11 is 0. The molecule has 0 heterocycles. The molecule has 2 aromatic rings. The van der Waals surface area contributed by atoms with Gasteiger partial charge < -0.3 is 15.4 Å². The van der Waals surface area contributed by atoms with Crippen LogP contribution in [0.3, 0.4) is 0 Å². The van der Waals surface area contributed by atoms with Crippen LogP contribution >= 0.6 is 0 Å². The van der Waals surface area contributed by atoms with Crippen LogP contribution in [0.5, 0.6) is 11.5 Å². The number of benzene rings is 2. The Labute approximate surface area is 160 Å². The maximum atomic E-state index is 12.4. The Hall–Kier alpha value is -2.86. The molecule has 2 rings (SSSR count). The highest BCUT2D eigenvalue weighted by molar-refractivity contribution is 5.95. The minimum atomic E-state index is -0.442. The van der Waals surface area contributed by atoms with Crippen LogP contribution in [0.4, 0.5) is 5.69 Å². The van der Waals surface area contributed by atoms with Crippen LogP contribution in [0.2, 0.25) is 0 Å². The van der Waals surface area contributed by atoms with Gasteiger partial charge in [0, 0.05) is 11.7 Å². The number of anilines is 1. The van der Waals surface area contributed by atoms with E-state index in [0.717, 1.165) is 5.75 Å². The molecule has 0 aliphatic carbocycles. The number of rotatable bonds is 8. The van der Waals surface area contributed by atoms with E-state index < -0.39 is 6.04 Å². The van der Waals surface area contributed by atoms with Crippen molar-refractivity contribution in [2.45, 2.75) is 32.9 Å². The summed E-state index contributed by atoms with van der Waals surface area (Å²) in [7, 11) is 1.75. The van der Waals surface area contributed by atoms with Gasteiger partial charge in [-0.3, -0.25) is 14.5 Å². The third-order valence-electron chi connectivity index (χ3n) is 3.98. The van der Waals surface area contributed by atoms with Gasteiger partial charge in [0.25, 0.3) is 0 Å². The standard InChI is InChI=1S/C21H27N3O3/c1-15(2)22-20(25)14-24(4)16(3)21(26)23-17-10-12-19(13-11-17)27-18-8-6-5-7-9-18/h5-13,15-16H,14H2,1-4H3,(H,22,25)(H,23,26)/t16-/m1/s1. The normalized spacial score (nSPS) is 11.9. The molecule has 0 fully saturated rings. The van der Waals surface area contributed by atoms with Gasteiger partial charge in [-0.1, -0.05) is 18.2 Å². The first-order valence-corrected chi connectivity index (χ1v) is 8.98. The maximum Gasteiger partial charge on any atom is 0.241 e. The first-order valence-electron chi connectivity index (χ1n) is 8.98. The van der Waals surface area contributed by atoms with E-state index in [1.807, 2.05) is 44.2 Å². The molecule has 2 aromatic carbocycles. The van der Waals surface area contributed by atoms with Crippen molar-refractivity contribution in [3.05, 3.63) is 54.6 Å². The maximum absolute atomic E-state index is 12.4. The summed E-state index contributed by atoms with van der Waals surface area (Å²) in [5.74, 6) is 1.17. The highest BCUT2D eigenvalue weighted by Gasteiger charge is 2.20. The van der Waals surface area contributed by atoms with Crippen LogP contribution in [0, 0.1) is 0 Å². The molecular formula is C21H27N3O3. The molecule has 0 aliphatic rings. The van der Waals surface area contributed by atoms with E-state index in [9.17, 15) is 9.59 Å². The van der Waals surface area contributed by atoms with Crippen molar-refractivity contribution in [2.75, 3.05) is 18.9 Å². The van der Waals surface area contributed by atoms with E-state index in [0.29, 0.717) is 11.4 Å². The molecule has 27 heavy (non-hydrogen) atoms. The Balaban J connectivity index is 1.88. The highest BCUT2D eigenvalue weighted by atomic mass is 16.5. The summed E-state index contributed by atoms with van der Waals surface area (Å²) in [5.41, 5.74) is 0.673. The number of ether oxygens (including phenoxy) is 1. The van der Waals surface area contributed by atoms with Gasteiger partial charge in [0.15, 0.2) is 0 Å². The van der Waals surface area contributed by atoms with Crippen molar-refractivity contribution in [1.82, 2.24) is 10.2 Å². The number of nitrogens with zero attached hydrogens (tertiary/aromatic N) is 1. The Bertz CT molecular complexity index is 745. The van der Waals surface area contributed by atoms with E-state index in [-0.39, 0.29) is 24.4 Å². The summed E-state index contributed by atoms with van der Waals surface area (Å²) in [6.45, 7) is 5.74. The largest absolute Gasteiger partial charge is 0.457 e. The average Bonchev–Trinajstić information content (AvgIpc) is 2.62. The van der Waals surface area contributed by atoms with E-state index >= 15 is 0 Å². The van der Waals surface area contributed by atoms with Gasteiger partial charge in [-0.2, -0.15) is 0 Å². The van der Waals surface area contributed by atoms with Crippen LogP contribution < -0.4 is 15.4 Å². The van der Waals surface area contributed by atoms with Crippen molar-refractivity contribution >= 4 is 17.5 Å². The smallest absolute Gasteiger partial charge is 0.241 e. The average molecular weight is 369 g/mol. The van der Waals surface area contributed by atoms with E-state index in [1.165, 1.54) is 0 Å². The number of likely N-dealkylation sites (N-methyl/N-ethyl adjacent to an activating group) is 1. The lowest BCUT2D eigenvalue weighted by Gasteiger charge is -2.23. The molecule has 2 N–H and O–H groups in total. The third-order valence-corrected chi connectivity index (χ3v) is 3.98. The van der Waals surface area contributed by atoms with E-state index in [2.05, 4.69) is 10.6 Å². The van der Waals surface area contributed by atoms with Crippen LogP contribution in [0.25, 0.3) is 0 Å². The molecule has 0 saturated heterocycles. The first-order chi connectivity index (χ1) is 12.8. The quantitative estimate of drug-likeness (QED) is 0.749. The van der Waals surface area contributed by atoms with Gasteiger partial charge in [-0.25, -0.2) is 0 Å². The third kappa shape index (κ3) is 6.75. The Kier molecular flexibility index (Phi) is 7.37. The molecule has 0 saturated carbocycles. The molecule has 0 aliphatic heterocycles. The van der Waals surface area contributed by atoms with Gasteiger partial charge in [0.1, 0.15) is 11.5 Å². The molecule has 0 bridgehead atoms. The summed E-state index contributed by atoms with van der Waals surface area (Å²) in [4.78, 5) is 26.0. The van der Waals surface area contributed by atoms with Gasteiger partial charge in [-0.05, 0) is 64.2 Å². The fraction of sp³-hybridized carbons (Fsp3) is 0.333. The Morgan fingerprint density at radius 1 is 0.963 bits per heavy atom. The van der Waals surface area contributed by atoms with Crippen molar-refractivity contribution in [3.63, 3.8) is 0 Å². The molecule has 2 amide bonds. The second-order valence-corrected chi connectivity index (χ2v) is 6.74. The zero-order chi connectivity index (χ0) is 19.8. The number of carbonyl (C=O) groups excluding carboxylic acids is 2. The van der Waals surface area contributed by atoms with Crippen molar-refractivity contribution in [1.29, 1.82) is 0 Å². The van der Waals surface area contributed by atoms with Gasteiger partial charge in [0.05, 0.1) is 12.6 Å². The Morgan fingerprint density at radius 2 is 1.56 bits per heavy atom. The molecular weight excluding hydrogens is 342 g/mol. The summed E-state index contributed by atoms with van der Waals surface area (Å²) in [6, 6.07) is 16.3. The topological polar surface area (TPSA) is 70.7 Å². The Morgan fingerprint density at radius 3 is 2.15 bits per heavy atom. The predicted molar refractivity (Wildman–Crippen MR) is 107 cm³/mol. The minimum absolute atomic E-state index is 0.0756. The molecule has 6 nitrogen and oxygen atoms in total. The number of hydrogen-bond donors (Lipinski definition) is 2. The lowest BCUT2D eigenvalue weighted by atomic mass is 10.2. The van der Waals surface area contributed by atoms with Crippen LogP contribution in [-0.2, 0) is 9.59 Å². The van der Waals surface area contributed by atoms with Crippen molar-refractivity contribution in [2.24, 2.45) is 0 Å². The number of amides is 2. The molecule has 144 valence electrons. The summed E-state index contributed by atoms with van der Waals surface area (Å²) in [6.07, 6.45) is 0. The second kappa shape index (κ2) is 9.73. The summed E-state index contributed by atoms with van der Waals surface area (Å²) < 4.78 is 5.73. The first kappa shape index (κ1) is 20.5. The zero-order valence-electron chi connectivity index (χ0n) is 16.2. The van der Waals surface area contributed by atoms with Crippen LogP contribution in [-0.4, -0.2) is 42.4 Å². The summed E-state index contributed by atoms with van der Waals surface area (Å²) in [5, 5.41) is 5.68. The lowest BCUT2D eigenvalue weighted by Crippen LogP contribution is -2.45. The molecule has 0 radical (unpaired) electrons. The predicted octanol–water partition coefficient (Wildman–Crippen LogP) is 3.26. The van der Waals surface area contributed by atoms with Crippen molar-refractivity contribution in [3.8, 4) is 11.5 Å². The molecule has 0 unspecified atom stereocenters. The number of hydrogen-bond acceptors (Lipinski definition) is 4. The SMILES string of the molecule is CC(C)NC(=O)CN(C)[C@H](C)C(=O)Nc1ccc(Oc2ccccc2)cc1. The van der Waals surface area contributed by atoms with Crippen LogP contribution in [0.15, 0.2) is 54.6 Å². The monoisotopic (exact) mass is 369 g/mol. The van der Waals surface area contributed by atoms with E-state index in [1.54, 1.807) is 43.1 Å². The zero-order valence-corrected chi connectivity index (χ0v) is 16.2. The molecule has 1 atom stereocenters. The number of nitrogens with one attached hydrogen (secondary N) is 2. The van der Waals surface area contributed by atoms with E-state index in [4.69, 9.17) is 4.74 Å². The van der Waals surface area contributed by atoms with Gasteiger partial charge >= 0.3 is 0 Å². The second-order valence-electron chi connectivity index (χ2n) is 6.74. The highest BCUT2D eigenvalue weighted by Crippen LogP contribution is 2.22. The lowest BCUT2D eigenvalue weighted by molar-refractivity contribution is -0.125.